The fourth-order valence-corrected chi connectivity index (χ4v) is 3.62. The van der Waals surface area contributed by atoms with Crippen molar-refractivity contribution in [2.45, 2.75) is 31.6 Å². The maximum atomic E-state index is 12.7. The van der Waals surface area contributed by atoms with Crippen molar-refractivity contribution in [1.82, 2.24) is 14.8 Å². The maximum Gasteiger partial charge on any atom is 0.259 e. The summed E-state index contributed by atoms with van der Waals surface area (Å²) in [6, 6.07) is 15.1. The normalized spacial score (nSPS) is 14.5. The van der Waals surface area contributed by atoms with E-state index < -0.39 is 0 Å². The van der Waals surface area contributed by atoms with Crippen LogP contribution in [0.25, 0.3) is 5.69 Å². The van der Waals surface area contributed by atoms with Crippen LogP contribution in [0.1, 0.15) is 47.7 Å². The lowest BCUT2D eigenvalue weighted by Gasteiger charge is -2.09. The standard InChI is InChI=1S/C20H19ClN4O/c21-19-16(11-6-12-22-19)20(26)23-18-13-17(14-7-4-5-8-14)24-25(18)15-9-2-1-3-10-15/h1-3,6,9-14H,4-5,7-8H2,(H,23,26). The SMILES string of the molecule is O=C(Nc1cc(C2CCCC2)nn1-c1ccccc1)c1cccnc1Cl. The molecule has 2 aromatic heterocycles. The third kappa shape index (κ3) is 3.35. The zero-order valence-electron chi connectivity index (χ0n) is 14.2. The number of carbonyl (C=O) groups excluding carboxylic acids is 1. The Kier molecular flexibility index (Phi) is 4.71. The number of halogens is 1. The van der Waals surface area contributed by atoms with Gasteiger partial charge in [-0.05, 0) is 37.1 Å². The largest absolute Gasteiger partial charge is 0.306 e. The molecule has 0 bridgehead atoms. The van der Waals surface area contributed by atoms with Crippen LogP contribution in [0.3, 0.4) is 0 Å². The molecule has 1 aromatic carbocycles. The summed E-state index contributed by atoms with van der Waals surface area (Å²) < 4.78 is 1.79. The first-order chi connectivity index (χ1) is 12.7. The van der Waals surface area contributed by atoms with E-state index in [-0.39, 0.29) is 11.1 Å². The molecule has 1 aliphatic carbocycles. The fourth-order valence-electron chi connectivity index (χ4n) is 3.41. The minimum atomic E-state index is -0.293. The number of aromatic nitrogens is 3. The van der Waals surface area contributed by atoms with Crippen LogP contribution in [-0.4, -0.2) is 20.7 Å². The van der Waals surface area contributed by atoms with Crippen molar-refractivity contribution in [1.29, 1.82) is 0 Å². The second kappa shape index (κ2) is 7.30. The Bertz CT molecular complexity index is 917. The van der Waals surface area contributed by atoms with Gasteiger partial charge in [0.05, 0.1) is 16.9 Å². The zero-order chi connectivity index (χ0) is 17.9. The van der Waals surface area contributed by atoms with E-state index in [4.69, 9.17) is 16.7 Å². The van der Waals surface area contributed by atoms with Gasteiger partial charge in [-0.2, -0.15) is 5.10 Å². The summed E-state index contributed by atoms with van der Waals surface area (Å²) >= 11 is 6.06. The third-order valence-electron chi connectivity index (χ3n) is 4.75. The first-order valence-corrected chi connectivity index (χ1v) is 9.17. The van der Waals surface area contributed by atoms with Crippen LogP contribution >= 0.6 is 11.6 Å². The molecule has 6 heteroatoms. The summed E-state index contributed by atoms with van der Waals surface area (Å²) in [6.45, 7) is 0. The van der Waals surface area contributed by atoms with E-state index in [1.165, 1.54) is 12.8 Å². The van der Waals surface area contributed by atoms with Crippen LogP contribution in [0.4, 0.5) is 5.82 Å². The van der Waals surface area contributed by atoms with Crippen molar-refractivity contribution < 1.29 is 4.79 Å². The lowest BCUT2D eigenvalue weighted by atomic mass is 10.0. The molecule has 0 radical (unpaired) electrons. The fraction of sp³-hybridized carbons (Fsp3) is 0.250. The van der Waals surface area contributed by atoms with Crippen molar-refractivity contribution in [3.8, 4) is 5.69 Å². The van der Waals surface area contributed by atoms with E-state index in [0.29, 0.717) is 17.3 Å². The third-order valence-corrected chi connectivity index (χ3v) is 5.05. The highest BCUT2D eigenvalue weighted by Crippen LogP contribution is 2.35. The highest BCUT2D eigenvalue weighted by Gasteiger charge is 2.23. The van der Waals surface area contributed by atoms with Crippen LogP contribution in [-0.2, 0) is 0 Å². The van der Waals surface area contributed by atoms with Crippen LogP contribution in [0.5, 0.6) is 0 Å². The van der Waals surface area contributed by atoms with E-state index >= 15 is 0 Å². The molecule has 1 saturated carbocycles. The monoisotopic (exact) mass is 366 g/mol. The van der Waals surface area contributed by atoms with E-state index in [1.807, 2.05) is 36.4 Å². The van der Waals surface area contributed by atoms with Gasteiger partial charge in [0.1, 0.15) is 11.0 Å². The van der Waals surface area contributed by atoms with Gasteiger partial charge in [-0.3, -0.25) is 4.79 Å². The van der Waals surface area contributed by atoms with E-state index in [1.54, 1.807) is 23.0 Å². The highest BCUT2D eigenvalue weighted by molar-refractivity contribution is 6.33. The number of para-hydroxylation sites is 1. The average Bonchev–Trinajstić information content (AvgIpc) is 3.32. The first kappa shape index (κ1) is 16.8. The lowest BCUT2D eigenvalue weighted by molar-refractivity contribution is 0.102. The topological polar surface area (TPSA) is 59.8 Å². The summed E-state index contributed by atoms with van der Waals surface area (Å²) in [4.78, 5) is 16.6. The molecule has 0 saturated heterocycles. The Balaban J connectivity index is 1.69. The van der Waals surface area contributed by atoms with Crippen LogP contribution in [0.2, 0.25) is 5.15 Å². The van der Waals surface area contributed by atoms with Gasteiger partial charge in [0, 0.05) is 18.2 Å². The summed E-state index contributed by atoms with van der Waals surface area (Å²) in [5.74, 6) is 0.804. The van der Waals surface area contributed by atoms with Gasteiger partial charge in [0.2, 0.25) is 0 Å². The number of carbonyl (C=O) groups is 1. The molecule has 0 atom stereocenters. The average molecular weight is 367 g/mol. The summed E-state index contributed by atoms with van der Waals surface area (Å²) in [6.07, 6.45) is 6.32. The molecular weight excluding hydrogens is 348 g/mol. The van der Waals surface area contributed by atoms with Crippen molar-refractivity contribution in [2.24, 2.45) is 0 Å². The number of nitrogens with zero attached hydrogens (tertiary/aromatic N) is 3. The first-order valence-electron chi connectivity index (χ1n) is 8.79. The Hall–Kier alpha value is -2.66. The molecule has 0 unspecified atom stereocenters. The van der Waals surface area contributed by atoms with Crippen molar-refractivity contribution in [3.05, 3.63) is 71.1 Å². The number of anilines is 1. The van der Waals surface area contributed by atoms with Crippen LogP contribution in [0, 0.1) is 0 Å². The second-order valence-electron chi connectivity index (χ2n) is 6.48. The molecule has 3 aromatic rings. The van der Waals surface area contributed by atoms with Gasteiger partial charge >= 0.3 is 0 Å². The van der Waals surface area contributed by atoms with E-state index in [2.05, 4.69) is 10.3 Å². The zero-order valence-corrected chi connectivity index (χ0v) is 15.0. The molecule has 5 nitrogen and oxygen atoms in total. The minimum Gasteiger partial charge on any atom is -0.306 e. The van der Waals surface area contributed by atoms with Crippen LogP contribution in [0.15, 0.2) is 54.7 Å². The Morgan fingerprint density at radius 3 is 2.62 bits per heavy atom. The minimum absolute atomic E-state index is 0.187. The number of benzene rings is 1. The Labute approximate surface area is 157 Å². The molecule has 1 amide bonds. The number of hydrogen-bond donors (Lipinski definition) is 1. The van der Waals surface area contributed by atoms with Gasteiger partial charge in [-0.15, -0.1) is 0 Å². The summed E-state index contributed by atoms with van der Waals surface area (Å²) in [5.41, 5.74) is 2.28. The van der Waals surface area contributed by atoms with E-state index in [9.17, 15) is 4.79 Å². The van der Waals surface area contributed by atoms with Gasteiger partial charge in [0.25, 0.3) is 5.91 Å². The summed E-state index contributed by atoms with van der Waals surface area (Å²) in [5, 5.41) is 7.92. The maximum absolute atomic E-state index is 12.7. The predicted molar refractivity (Wildman–Crippen MR) is 102 cm³/mol. The van der Waals surface area contributed by atoms with Gasteiger partial charge < -0.3 is 5.32 Å². The molecule has 0 spiro atoms. The molecule has 1 N–H and O–H groups in total. The molecule has 0 aliphatic heterocycles. The molecular formula is C20H19ClN4O. The van der Waals surface area contributed by atoms with Crippen molar-refractivity contribution >= 4 is 23.3 Å². The van der Waals surface area contributed by atoms with Gasteiger partial charge in [-0.25, -0.2) is 9.67 Å². The molecule has 1 fully saturated rings. The van der Waals surface area contributed by atoms with Crippen LogP contribution < -0.4 is 5.32 Å². The number of pyridine rings is 1. The van der Waals surface area contributed by atoms with Gasteiger partial charge in [-0.1, -0.05) is 42.6 Å². The molecule has 1 aliphatic rings. The molecule has 4 rings (SSSR count). The number of nitrogens with one attached hydrogen (secondary N) is 1. The highest BCUT2D eigenvalue weighted by atomic mass is 35.5. The molecule has 26 heavy (non-hydrogen) atoms. The smallest absolute Gasteiger partial charge is 0.259 e. The number of amides is 1. The Morgan fingerprint density at radius 2 is 1.88 bits per heavy atom. The Morgan fingerprint density at radius 1 is 1.12 bits per heavy atom. The second-order valence-corrected chi connectivity index (χ2v) is 6.84. The quantitative estimate of drug-likeness (QED) is 0.673. The van der Waals surface area contributed by atoms with Gasteiger partial charge in [0.15, 0.2) is 0 Å². The predicted octanol–water partition coefficient (Wildman–Crippen LogP) is 4.83. The number of hydrogen-bond acceptors (Lipinski definition) is 3. The molecule has 2 heterocycles. The van der Waals surface area contributed by atoms with Crippen molar-refractivity contribution in [3.63, 3.8) is 0 Å². The lowest BCUT2D eigenvalue weighted by Crippen LogP contribution is -2.15. The van der Waals surface area contributed by atoms with Crippen molar-refractivity contribution in [2.75, 3.05) is 5.32 Å². The summed E-state index contributed by atoms with van der Waals surface area (Å²) in [7, 11) is 0. The molecule has 132 valence electrons. The number of rotatable bonds is 4. The van der Waals surface area contributed by atoms with E-state index in [0.717, 1.165) is 24.2 Å².